The normalized spacial score (nSPS) is 14.5. The van der Waals surface area contributed by atoms with Crippen molar-refractivity contribution in [2.45, 2.75) is 76.7 Å². The fourth-order valence-corrected chi connectivity index (χ4v) is 5.88. The van der Waals surface area contributed by atoms with Crippen molar-refractivity contribution in [3.63, 3.8) is 0 Å². The molecule has 0 spiro atoms. The highest BCUT2D eigenvalue weighted by atomic mass is 32.2. The minimum Gasteiger partial charge on any atom is -0.339 e. The van der Waals surface area contributed by atoms with Crippen molar-refractivity contribution in [1.29, 1.82) is 0 Å². The van der Waals surface area contributed by atoms with Crippen LogP contribution in [0, 0.1) is 0 Å². The number of rotatable bonds is 9. The predicted octanol–water partition coefficient (Wildman–Crippen LogP) is 4.67. The first-order valence-electron chi connectivity index (χ1n) is 13.1. The van der Waals surface area contributed by atoms with Crippen molar-refractivity contribution in [1.82, 2.24) is 14.5 Å². The van der Waals surface area contributed by atoms with E-state index < -0.39 is 15.9 Å². The SMILES string of the molecule is CC(C)c1cc(C(=O)N2CCCCC2)cc(C(C)C)c1CC(=O)NS(=O)(=O)c1ccc(CN(C)C)cc1. The van der Waals surface area contributed by atoms with Crippen LogP contribution in [-0.2, 0) is 27.8 Å². The molecule has 1 N–H and O–H groups in total. The first-order valence-corrected chi connectivity index (χ1v) is 14.6. The molecule has 202 valence electrons. The monoisotopic (exact) mass is 527 g/mol. The average molecular weight is 528 g/mol. The first-order chi connectivity index (χ1) is 17.4. The summed E-state index contributed by atoms with van der Waals surface area (Å²) >= 11 is 0. The second-order valence-electron chi connectivity index (χ2n) is 10.9. The van der Waals surface area contributed by atoms with Gasteiger partial charge in [-0.15, -0.1) is 0 Å². The second kappa shape index (κ2) is 12.2. The van der Waals surface area contributed by atoms with E-state index >= 15 is 0 Å². The summed E-state index contributed by atoms with van der Waals surface area (Å²) in [5.74, 6) is -0.429. The van der Waals surface area contributed by atoms with Crippen LogP contribution in [0.2, 0.25) is 0 Å². The zero-order chi connectivity index (χ0) is 27.3. The lowest BCUT2D eigenvalue weighted by atomic mass is 9.85. The maximum atomic E-state index is 13.3. The second-order valence-corrected chi connectivity index (χ2v) is 12.6. The molecular formula is C29H41N3O4S. The maximum absolute atomic E-state index is 13.3. The summed E-state index contributed by atoms with van der Waals surface area (Å²) in [4.78, 5) is 30.3. The molecule has 1 aliphatic rings. The Morgan fingerprint density at radius 1 is 0.919 bits per heavy atom. The zero-order valence-corrected chi connectivity index (χ0v) is 23.8. The number of nitrogens with one attached hydrogen (secondary N) is 1. The van der Waals surface area contributed by atoms with Crippen molar-refractivity contribution >= 4 is 21.8 Å². The van der Waals surface area contributed by atoms with Gasteiger partial charge in [0.05, 0.1) is 11.3 Å². The van der Waals surface area contributed by atoms with Crippen molar-refractivity contribution in [3.05, 3.63) is 64.2 Å². The van der Waals surface area contributed by atoms with Crippen LogP contribution >= 0.6 is 0 Å². The van der Waals surface area contributed by atoms with Crippen LogP contribution in [0.5, 0.6) is 0 Å². The van der Waals surface area contributed by atoms with Gasteiger partial charge in [0.15, 0.2) is 0 Å². The number of carbonyl (C=O) groups is 2. The smallest absolute Gasteiger partial charge is 0.264 e. The largest absolute Gasteiger partial charge is 0.339 e. The molecule has 0 bridgehead atoms. The van der Waals surface area contributed by atoms with E-state index in [9.17, 15) is 18.0 Å². The van der Waals surface area contributed by atoms with Crippen LogP contribution in [0.1, 0.15) is 91.4 Å². The van der Waals surface area contributed by atoms with Gasteiger partial charge in [-0.3, -0.25) is 9.59 Å². The Balaban J connectivity index is 1.87. The van der Waals surface area contributed by atoms with Crippen LogP contribution in [-0.4, -0.2) is 57.2 Å². The Kier molecular flexibility index (Phi) is 9.53. The summed E-state index contributed by atoms with van der Waals surface area (Å²) in [7, 11) is -0.117. The van der Waals surface area contributed by atoms with Crippen molar-refractivity contribution in [2.24, 2.45) is 0 Å². The van der Waals surface area contributed by atoms with E-state index in [1.54, 1.807) is 12.1 Å². The van der Waals surface area contributed by atoms with Gasteiger partial charge in [-0.25, -0.2) is 13.1 Å². The fraction of sp³-hybridized carbons (Fsp3) is 0.517. The molecule has 37 heavy (non-hydrogen) atoms. The molecule has 1 fully saturated rings. The van der Waals surface area contributed by atoms with E-state index in [4.69, 9.17) is 0 Å². The first kappa shape index (κ1) is 28.9. The topological polar surface area (TPSA) is 86.8 Å². The molecule has 2 aromatic rings. The van der Waals surface area contributed by atoms with E-state index in [1.807, 2.05) is 63.7 Å². The molecule has 0 aromatic heterocycles. The molecule has 0 radical (unpaired) electrons. The van der Waals surface area contributed by atoms with Crippen molar-refractivity contribution < 1.29 is 18.0 Å². The van der Waals surface area contributed by atoms with Gasteiger partial charge in [0.25, 0.3) is 15.9 Å². The van der Waals surface area contributed by atoms with E-state index in [0.717, 1.165) is 54.6 Å². The van der Waals surface area contributed by atoms with Crippen LogP contribution < -0.4 is 4.72 Å². The molecular weight excluding hydrogens is 486 g/mol. The van der Waals surface area contributed by atoms with Gasteiger partial charge in [-0.1, -0.05) is 39.8 Å². The van der Waals surface area contributed by atoms with Gasteiger partial charge in [-0.2, -0.15) is 0 Å². The lowest BCUT2D eigenvalue weighted by molar-refractivity contribution is -0.118. The van der Waals surface area contributed by atoms with Crippen LogP contribution in [0.15, 0.2) is 41.3 Å². The lowest BCUT2D eigenvalue weighted by Crippen LogP contribution is -2.36. The minimum atomic E-state index is -4.00. The summed E-state index contributed by atoms with van der Waals surface area (Å²) in [6.07, 6.45) is 3.11. The Morgan fingerprint density at radius 3 is 1.95 bits per heavy atom. The molecule has 0 saturated carbocycles. The number of carbonyl (C=O) groups excluding carboxylic acids is 2. The van der Waals surface area contributed by atoms with E-state index in [2.05, 4.69) is 4.72 Å². The van der Waals surface area contributed by atoms with Crippen molar-refractivity contribution in [2.75, 3.05) is 27.2 Å². The highest BCUT2D eigenvalue weighted by Gasteiger charge is 2.25. The number of nitrogens with zero attached hydrogens (tertiary/aromatic N) is 2. The quantitative estimate of drug-likeness (QED) is 0.512. The molecule has 8 heteroatoms. The van der Waals surface area contributed by atoms with E-state index in [-0.39, 0.29) is 29.1 Å². The molecule has 2 aromatic carbocycles. The maximum Gasteiger partial charge on any atom is 0.264 e. The average Bonchev–Trinajstić information content (AvgIpc) is 2.83. The summed E-state index contributed by atoms with van der Waals surface area (Å²) < 4.78 is 28.1. The van der Waals surface area contributed by atoms with Crippen LogP contribution in [0.25, 0.3) is 0 Å². The molecule has 1 aliphatic heterocycles. The fourth-order valence-electron chi connectivity index (χ4n) is 4.90. The Bertz CT molecular complexity index is 1180. The van der Waals surface area contributed by atoms with E-state index in [0.29, 0.717) is 12.1 Å². The third-order valence-corrected chi connectivity index (χ3v) is 8.16. The summed E-state index contributed by atoms with van der Waals surface area (Å²) in [6.45, 7) is 10.4. The van der Waals surface area contributed by atoms with Gasteiger partial charge in [-0.05, 0) is 91.7 Å². The Hall–Kier alpha value is -2.71. The zero-order valence-electron chi connectivity index (χ0n) is 23.0. The third kappa shape index (κ3) is 7.42. The molecule has 0 atom stereocenters. The molecule has 0 unspecified atom stereocenters. The van der Waals surface area contributed by atoms with E-state index in [1.165, 1.54) is 12.1 Å². The van der Waals surface area contributed by atoms with Gasteiger partial charge in [0, 0.05) is 25.2 Å². The highest BCUT2D eigenvalue weighted by Crippen LogP contribution is 2.31. The lowest BCUT2D eigenvalue weighted by Gasteiger charge is -2.28. The number of hydrogen-bond donors (Lipinski definition) is 1. The summed E-state index contributed by atoms with van der Waals surface area (Å²) in [5.41, 5.74) is 4.25. The number of sulfonamides is 1. The van der Waals surface area contributed by atoms with Gasteiger partial charge in [0.1, 0.15) is 0 Å². The predicted molar refractivity (Wildman–Crippen MR) is 147 cm³/mol. The molecule has 2 amide bonds. The number of piperidine rings is 1. The molecule has 0 aliphatic carbocycles. The highest BCUT2D eigenvalue weighted by molar-refractivity contribution is 7.90. The molecule has 1 heterocycles. The third-order valence-electron chi connectivity index (χ3n) is 6.77. The number of hydrogen-bond acceptors (Lipinski definition) is 5. The summed E-state index contributed by atoms with van der Waals surface area (Å²) in [5, 5.41) is 0. The van der Waals surface area contributed by atoms with Gasteiger partial charge >= 0.3 is 0 Å². The van der Waals surface area contributed by atoms with Gasteiger partial charge in [0.2, 0.25) is 5.91 Å². The van der Waals surface area contributed by atoms with Gasteiger partial charge < -0.3 is 9.80 Å². The van der Waals surface area contributed by atoms with Crippen LogP contribution in [0.4, 0.5) is 0 Å². The molecule has 3 rings (SSSR count). The minimum absolute atomic E-state index is 0.0276. The molecule has 1 saturated heterocycles. The van der Waals surface area contributed by atoms with Crippen molar-refractivity contribution in [3.8, 4) is 0 Å². The summed E-state index contributed by atoms with van der Waals surface area (Å²) in [6, 6.07) is 10.3. The Labute approximate surface area is 222 Å². The standard InChI is InChI=1S/C29H41N3O4S/c1-20(2)25-16-23(29(34)32-14-8-7-9-15-32)17-26(21(3)4)27(25)18-28(33)30-37(35,36)24-12-10-22(11-13-24)19-31(5)6/h10-13,16-17,20-21H,7-9,14-15,18-19H2,1-6H3,(H,30,33). The number of amides is 2. The van der Waals surface area contributed by atoms with Crippen LogP contribution in [0.3, 0.4) is 0 Å². The number of benzene rings is 2. The number of likely N-dealkylation sites (tertiary alicyclic amines) is 1. The molecule has 7 nitrogen and oxygen atoms in total. The Morgan fingerprint density at radius 2 is 1.46 bits per heavy atom.